The van der Waals surface area contributed by atoms with Crippen LogP contribution in [0.5, 0.6) is 5.88 Å². The molecule has 3 aromatic heterocycles. The van der Waals surface area contributed by atoms with Crippen LogP contribution in [0.1, 0.15) is 30.7 Å². The van der Waals surface area contributed by atoms with Crippen LogP contribution in [0.15, 0.2) is 65.6 Å². The molecule has 53 heavy (non-hydrogen) atoms. The van der Waals surface area contributed by atoms with E-state index in [0.717, 1.165) is 12.0 Å². The molecule has 0 spiro atoms. The Morgan fingerprint density at radius 3 is 2.28 bits per heavy atom. The molecule has 12 nitrogen and oxygen atoms in total. The maximum atomic E-state index is 13.6. The third kappa shape index (κ3) is 7.36. The van der Waals surface area contributed by atoms with Crippen LogP contribution in [-0.2, 0) is 29.7 Å². The second-order valence-corrected chi connectivity index (χ2v) is 13.9. The van der Waals surface area contributed by atoms with E-state index in [0.29, 0.717) is 80.3 Å². The van der Waals surface area contributed by atoms with Crippen LogP contribution in [0, 0.1) is 0 Å². The Balaban J connectivity index is 1.11. The molecule has 2 atom stereocenters. The molecule has 2 fully saturated rings. The van der Waals surface area contributed by atoms with Gasteiger partial charge in [0, 0.05) is 91.2 Å². The van der Waals surface area contributed by atoms with Gasteiger partial charge in [0.2, 0.25) is 11.8 Å². The molecule has 0 bridgehead atoms. The predicted octanol–water partition coefficient (Wildman–Crippen LogP) is 4.73. The molecule has 2 unspecified atom stereocenters. The second-order valence-electron chi connectivity index (χ2n) is 13.2. The molecule has 2 aliphatic heterocycles. The van der Waals surface area contributed by atoms with Crippen molar-refractivity contribution in [2.75, 3.05) is 20.2 Å². The number of benzene rings is 2. The lowest BCUT2D eigenvalue weighted by molar-refractivity contribution is -0.139. The molecule has 276 valence electrons. The van der Waals surface area contributed by atoms with Gasteiger partial charge in [0.25, 0.3) is 11.5 Å². The summed E-state index contributed by atoms with van der Waals surface area (Å²) in [7, 11) is 3.15. The van der Waals surface area contributed by atoms with E-state index in [2.05, 4.69) is 26.4 Å². The van der Waals surface area contributed by atoms with Crippen LogP contribution >= 0.6 is 23.2 Å². The summed E-state index contributed by atoms with van der Waals surface area (Å²) in [5, 5.41) is 17.1. The average Bonchev–Trinajstić information content (AvgIpc) is 3.83. The van der Waals surface area contributed by atoms with Crippen molar-refractivity contribution in [2.24, 2.45) is 7.05 Å². The number of fused-ring (bicyclic) bond motifs is 1. The molecule has 5 aromatic rings. The van der Waals surface area contributed by atoms with Crippen molar-refractivity contribution in [2.45, 2.75) is 50.4 Å². The van der Waals surface area contributed by atoms with Crippen molar-refractivity contribution >= 4 is 40.5 Å². The number of pyridine rings is 1. The molecule has 2 aromatic carbocycles. The van der Waals surface area contributed by atoms with Gasteiger partial charge in [0.15, 0.2) is 0 Å². The predicted molar refractivity (Wildman–Crippen MR) is 197 cm³/mol. The first-order chi connectivity index (χ1) is 25.4. The Hall–Kier alpha value is -4.89. The normalized spacial score (nSPS) is 18.1. The maximum Gasteiger partial charge on any atom is 0.326 e. The van der Waals surface area contributed by atoms with Gasteiger partial charge >= 0.3 is 5.92 Å². The van der Waals surface area contributed by atoms with Crippen LogP contribution in [0.4, 0.5) is 8.78 Å². The Labute approximate surface area is 312 Å². The second kappa shape index (κ2) is 14.9. The zero-order valence-corrected chi connectivity index (χ0v) is 30.3. The number of halogens is 4. The summed E-state index contributed by atoms with van der Waals surface area (Å²) < 4.78 is 35.7. The molecule has 0 radical (unpaired) electrons. The molecular weight excluding hydrogens is 729 g/mol. The number of ether oxygens (including phenoxy) is 1. The minimum Gasteiger partial charge on any atom is -0.481 e. The number of hydrogen-bond donors (Lipinski definition) is 4. The highest BCUT2D eigenvalue weighted by Crippen LogP contribution is 2.42. The summed E-state index contributed by atoms with van der Waals surface area (Å²) in [4.78, 5) is 41.1. The number of amides is 2. The van der Waals surface area contributed by atoms with Gasteiger partial charge in [0.05, 0.1) is 29.4 Å². The first kappa shape index (κ1) is 36.5. The third-order valence-corrected chi connectivity index (χ3v) is 10.4. The van der Waals surface area contributed by atoms with Crippen molar-refractivity contribution in [3.05, 3.63) is 92.6 Å². The Kier molecular flexibility index (Phi) is 10.2. The lowest BCUT2D eigenvalue weighted by atomic mass is 9.97. The number of carbonyl (C=O) groups excluding carboxylic acids is 2. The van der Waals surface area contributed by atoms with Gasteiger partial charge in [-0.1, -0.05) is 65.7 Å². The summed E-state index contributed by atoms with van der Waals surface area (Å²) in [6.45, 7) is 1.36. The Bertz CT molecular complexity index is 2300. The number of carbonyl (C=O) groups is 2. The largest absolute Gasteiger partial charge is 0.481 e. The zero-order chi connectivity index (χ0) is 37.4. The van der Waals surface area contributed by atoms with E-state index in [1.807, 2.05) is 48.5 Å². The van der Waals surface area contributed by atoms with E-state index in [4.69, 9.17) is 32.9 Å². The molecule has 16 heteroatoms. The van der Waals surface area contributed by atoms with E-state index >= 15 is 0 Å². The minimum absolute atomic E-state index is 0.0746. The summed E-state index contributed by atoms with van der Waals surface area (Å²) in [5.74, 6) is -3.77. The van der Waals surface area contributed by atoms with E-state index < -0.39 is 24.3 Å². The van der Waals surface area contributed by atoms with Gasteiger partial charge in [-0.3, -0.25) is 19.0 Å². The SMILES string of the molecule is COc1nc(-c2cccc(-c3cccc(-c4cc5c(=O)n(C)c(CNCC6CC(F)(F)C(=O)N6)nn5c4)c3Cl)c2Cl)ccc1CNCC1CCC(=O)N1. The first-order valence-electron chi connectivity index (χ1n) is 17.0. The van der Waals surface area contributed by atoms with E-state index in [1.54, 1.807) is 26.4 Å². The monoisotopic (exact) mass is 764 g/mol. The van der Waals surface area contributed by atoms with Crippen molar-refractivity contribution in [3.8, 4) is 39.4 Å². The molecular formula is C37H36Cl2F2N8O4. The fourth-order valence-corrected chi connectivity index (χ4v) is 7.41. The molecule has 0 saturated carbocycles. The highest BCUT2D eigenvalue weighted by Gasteiger charge is 2.47. The van der Waals surface area contributed by atoms with E-state index in [-0.39, 0.29) is 30.6 Å². The average molecular weight is 766 g/mol. The smallest absolute Gasteiger partial charge is 0.326 e. The quantitative estimate of drug-likeness (QED) is 0.143. The number of aromatic nitrogens is 4. The molecule has 4 N–H and O–H groups in total. The molecule has 2 amide bonds. The Morgan fingerprint density at radius 1 is 0.925 bits per heavy atom. The van der Waals surface area contributed by atoms with Crippen molar-refractivity contribution in [1.29, 1.82) is 0 Å². The number of nitrogens with zero attached hydrogens (tertiary/aromatic N) is 4. The van der Waals surface area contributed by atoms with E-state index in [1.165, 1.54) is 9.08 Å². The van der Waals surface area contributed by atoms with Gasteiger partial charge in [-0.05, 0) is 18.6 Å². The topological polar surface area (TPSA) is 144 Å². The number of alkyl halides is 2. The van der Waals surface area contributed by atoms with Crippen molar-refractivity contribution in [3.63, 3.8) is 0 Å². The molecule has 7 rings (SSSR count). The standard InChI is InChI=1S/C37H36Cl2F2N8O4/c1-48-30(18-43-17-23-14-37(40,41)36(52)45-23)47-49-19-21(13-29(49)35(48)51)24-5-3-6-25(32(24)38)26-7-4-8-27(33(26)39)28-11-9-20(34(46-28)53-2)15-42-16-22-10-12-31(50)44-22/h3-9,11,13,19,22-23,42-43H,10,12,14-18H2,1-2H3,(H,44,50)(H,45,52). The van der Waals surface area contributed by atoms with Gasteiger partial charge in [-0.15, -0.1) is 0 Å². The highest BCUT2D eigenvalue weighted by molar-refractivity contribution is 6.39. The van der Waals surface area contributed by atoms with Crippen LogP contribution in [0.25, 0.3) is 39.0 Å². The maximum absolute atomic E-state index is 13.6. The highest BCUT2D eigenvalue weighted by atomic mass is 35.5. The number of hydrogen-bond acceptors (Lipinski definition) is 8. The van der Waals surface area contributed by atoms with Crippen LogP contribution in [-0.4, -0.2) is 69.2 Å². The van der Waals surface area contributed by atoms with Crippen LogP contribution in [0.3, 0.4) is 0 Å². The molecule has 0 aliphatic carbocycles. The Morgan fingerprint density at radius 2 is 1.60 bits per heavy atom. The first-order valence-corrected chi connectivity index (χ1v) is 17.8. The van der Waals surface area contributed by atoms with Gasteiger partial charge in [0.1, 0.15) is 11.3 Å². The molecule has 5 heterocycles. The number of rotatable bonds is 12. The summed E-state index contributed by atoms with van der Waals surface area (Å²) >= 11 is 14.1. The third-order valence-electron chi connectivity index (χ3n) is 9.58. The summed E-state index contributed by atoms with van der Waals surface area (Å²) in [5.41, 5.74) is 4.84. The number of methoxy groups -OCH3 is 1. The fraction of sp³-hybridized carbons (Fsp3) is 0.324. The summed E-state index contributed by atoms with van der Waals surface area (Å²) in [6.07, 6.45) is 2.46. The molecule has 2 aliphatic rings. The van der Waals surface area contributed by atoms with Crippen molar-refractivity contribution < 1.29 is 23.1 Å². The van der Waals surface area contributed by atoms with E-state index in [9.17, 15) is 23.2 Å². The van der Waals surface area contributed by atoms with Crippen LogP contribution < -0.4 is 31.6 Å². The van der Waals surface area contributed by atoms with Gasteiger partial charge < -0.3 is 26.0 Å². The minimum atomic E-state index is -3.39. The number of nitrogens with one attached hydrogen (secondary N) is 4. The van der Waals surface area contributed by atoms with Gasteiger partial charge in [-0.2, -0.15) is 13.9 Å². The zero-order valence-electron chi connectivity index (χ0n) is 28.8. The van der Waals surface area contributed by atoms with Crippen LogP contribution in [0.2, 0.25) is 10.0 Å². The molecule has 2 saturated heterocycles. The lowest BCUT2D eigenvalue weighted by Gasteiger charge is -2.15. The lowest BCUT2D eigenvalue weighted by Crippen LogP contribution is -2.37. The van der Waals surface area contributed by atoms with Gasteiger partial charge in [-0.25, -0.2) is 9.50 Å². The fourth-order valence-electron chi connectivity index (χ4n) is 6.74. The summed E-state index contributed by atoms with van der Waals surface area (Å²) in [6, 6.07) is 16.1. The van der Waals surface area contributed by atoms with Crippen molar-refractivity contribution in [1.82, 2.24) is 40.4 Å².